The number of hydrogen-bond acceptors (Lipinski definition) is 8. The van der Waals surface area contributed by atoms with E-state index in [0.717, 1.165) is 42.9 Å². The molecule has 3 heterocycles. The van der Waals surface area contributed by atoms with Crippen LogP contribution < -0.4 is 26.6 Å². The number of rotatable bonds is 3. The maximum atomic E-state index is 6.02. The van der Waals surface area contributed by atoms with Crippen LogP contribution in [0.4, 0.5) is 11.9 Å². The minimum Gasteiger partial charge on any atom is -0.493 e. The van der Waals surface area contributed by atoms with Gasteiger partial charge in [0.1, 0.15) is 11.6 Å². The van der Waals surface area contributed by atoms with E-state index in [9.17, 15) is 0 Å². The van der Waals surface area contributed by atoms with Gasteiger partial charge < -0.3 is 15.8 Å². The maximum Gasteiger partial charge on any atom is 0.228 e. The number of nitrogens with one attached hydrogen (secondary N) is 3. The topological polar surface area (TPSA) is 110 Å². The number of fused-ring (bicyclic) bond motifs is 2. The van der Waals surface area contributed by atoms with E-state index in [4.69, 9.17) is 15.5 Å². The van der Waals surface area contributed by atoms with E-state index in [2.05, 4.69) is 32.2 Å². The van der Waals surface area contributed by atoms with Crippen molar-refractivity contribution in [2.75, 3.05) is 24.2 Å². The Labute approximate surface area is 158 Å². The number of anilines is 2. The van der Waals surface area contributed by atoms with E-state index in [1.165, 1.54) is 6.42 Å². The normalized spacial score (nSPS) is 29.5. The average molecular weight is 367 g/mol. The Morgan fingerprint density at radius 2 is 2.04 bits per heavy atom. The molecule has 1 saturated heterocycles. The quantitative estimate of drug-likeness (QED) is 0.649. The molecular formula is C19H25N7O. The predicted octanol–water partition coefficient (Wildman–Crippen LogP) is 1.75. The Morgan fingerprint density at radius 1 is 1.11 bits per heavy atom. The Morgan fingerprint density at radius 3 is 3.00 bits per heavy atom. The van der Waals surface area contributed by atoms with Gasteiger partial charge in [0.25, 0.3) is 0 Å². The van der Waals surface area contributed by atoms with Gasteiger partial charge in [-0.15, -0.1) is 0 Å². The van der Waals surface area contributed by atoms with Crippen molar-refractivity contribution in [3.05, 3.63) is 35.7 Å². The second kappa shape index (κ2) is 6.94. The number of para-hydroxylation sites is 1. The van der Waals surface area contributed by atoms with E-state index in [-0.39, 0.29) is 12.0 Å². The fourth-order valence-corrected chi connectivity index (χ4v) is 4.51. The Kier molecular flexibility index (Phi) is 4.29. The molecule has 4 atom stereocenters. The SMILES string of the molecule is Nc1nc(NC2CCOc3ccccc32)nc(C2CCC3CNNC3C2)n1. The molecule has 5 N–H and O–H groups in total. The summed E-state index contributed by atoms with van der Waals surface area (Å²) in [5.74, 6) is 3.57. The summed E-state index contributed by atoms with van der Waals surface area (Å²) in [6.07, 6.45) is 4.16. The lowest BCUT2D eigenvalue weighted by Crippen LogP contribution is -2.36. The summed E-state index contributed by atoms with van der Waals surface area (Å²) in [6, 6.07) is 8.69. The molecule has 2 aliphatic heterocycles. The number of hydrazine groups is 1. The zero-order chi connectivity index (χ0) is 18.2. The number of hydrogen-bond donors (Lipinski definition) is 4. The summed E-state index contributed by atoms with van der Waals surface area (Å²) < 4.78 is 5.74. The molecule has 0 bridgehead atoms. The smallest absolute Gasteiger partial charge is 0.228 e. The zero-order valence-electron chi connectivity index (χ0n) is 15.2. The van der Waals surface area contributed by atoms with Crippen LogP contribution in [0.25, 0.3) is 0 Å². The molecule has 2 aromatic rings. The molecular weight excluding hydrogens is 342 g/mol. The molecule has 142 valence electrons. The van der Waals surface area contributed by atoms with Gasteiger partial charge in [0.15, 0.2) is 0 Å². The van der Waals surface area contributed by atoms with Crippen LogP contribution >= 0.6 is 0 Å². The summed E-state index contributed by atoms with van der Waals surface area (Å²) in [6.45, 7) is 1.72. The number of aromatic nitrogens is 3. The van der Waals surface area contributed by atoms with Gasteiger partial charge in [0.2, 0.25) is 11.9 Å². The highest BCUT2D eigenvalue weighted by Crippen LogP contribution is 2.37. The van der Waals surface area contributed by atoms with Crippen molar-refractivity contribution in [3.63, 3.8) is 0 Å². The number of nitrogens with zero attached hydrogens (tertiary/aromatic N) is 3. The molecule has 0 spiro atoms. The van der Waals surface area contributed by atoms with E-state index in [1.54, 1.807) is 0 Å². The van der Waals surface area contributed by atoms with Crippen molar-refractivity contribution in [2.24, 2.45) is 5.92 Å². The molecule has 0 amide bonds. The Bertz CT molecular complexity index is 829. The second-order valence-electron chi connectivity index (χ2n) is 7.65. The van der Waals surface area contributed by atoms with E-state index < -0.39 is 0 Å². The van der Waals surface area contributed by atoms with Crippen LogP contribution in [0, 0.1) is 5.92 Å². The lowest BCUT2D eigenvalue weighted by molar-refractivity contribution is 0.274. The van der Waals surface area contributed by atoms with Crippen molar-refractivity contribution in [1.82, 2.24) is 25.8 Å². The van der Waals surface area contributed by atoms with E-state index in [1.807, 2.05) is 18.2 Å². The zero-order valence-corrected chi connectivity index (χ0v) is 15.2. The first-order valence-electron chi connectivity index (χ1n) is 9.74. The van der Waals surface area contributed by atoms with Crippen LogP contribution in [0.15, 0.2) is 24.3 Å². The molecule has 1 aliphatic carbocycles. The van der Waals surface area contributed by atoms with Crippen LogP contribution in [0.5, 0.6) is 5.75 Å². The molecule has 3 aliphatic rings. The standard InChI is InChI=1S/C19H25N7O/c20-18-23-17(11-5-6-12-10-21-26-15(12)9-11)24-19(25-18)22-14-7-8-27-16-4-2-1-3-13(14)16/h1-4,11-12,14-15,21,26H,5-10H2,(H3,20,22,23,24,25). The molecule has 4 unspecified atom stereocenters. The highest BCUT2D eigenvalue weighted by atomic mass is 16.5. The Balaban J connectivity index is 1.37. The third-order valence-corrected chi connectivity index (χ3v) is 5.94. The van der Waals surface area contributed by atoms with Gasteiger partial charge in [-0.05, 0) is 31.2 Å². The van der Waals surface area contributed by atoms with Crippen LogP contribution in [-0.2, 0) is 0 Å². The molecule has 5 rings (SSSR count). The molecule has 1 aromatic carbocycles. The molecule has 0 radical (unpaired) electrons. The van der Waals surface area contributed by atoms with Crippen LogP contribution in [0.3, 0.4) is 0 Å². The van der Waals surface area contributed by atoms with Crippen LogP contribution in [0.2, 0.25) is 0 Å². The molecule has 8 nitrogen and oxygen atoms in total. The fourth-order valence-electron chi connectivity index (χ4n) is 4.51. The monoisotopic (exact) mass is 367 g/mol. The van der Waals surface area contributed by atoms with Crippen LogP contribution in [-0.4, -0.2) is 34.1 Å². The average Bonchev–Trinajstić information content (AvgIpc) is 3.16. The van der Waals surface area contributed by atoms with Gasteiger partial charge in [-0.3, -0.25) is 10.9 Å². The van der Waals surface area contributed by atoms with Crippen molar-refractivity contribution in [1.29, 1.82) is 0 Å². The number of benzene rings is 1. The largest absolute Gasteiger partial charge is 0.493 e. The summed E-state index contributed by atoms with van der Waals surface area (Å²) in [4.78, 5) is 13.5. The molecule has 8 heteroatoms. The number of nitrogen functional groups attached to an aromatic ring is 1. The van der Waals surface area contributed by atoms with Gasteiger partial charge in [-0.2, -0.15) is 15.0 Å². The van der Waals surface area contributed by atoms with Crippen molar-refractivity contribution in [2.45, 2.75) is 43.7 Å². The first-order chi connectivity index (χ1) is 13.3. The van der Waals surface area contributed by atoms with E-state index in [0.29, 0.717) is 30.4 Å². The van der Waals surface area contributed by atoms with Gasteiger partial charge in [-0.1, -0.05) is 18.2 Å². The fraction of sp³-hybridized carbons (Fsp3) is 0.526. The minimum atomic E-state index is 0.112. The summed E-state index contributed by atoms with van der Waals surface area (Å²) in [5, 5.41) is 3.45. The molecule has 2 fully saturated rings. The minimum absolute atomic E-state index is 0.112. The Hall–Kier alpha value is -2.45. The lowest BCUT2D eigenvalue weighted by atomic mass is 9.79. The van der Waals surface area contributed by atoms with Gasteiger partial charge >= 0.3 is 0 Å². The van der Waals surface area contributed by atoms with Gasteiger partial charge in [-0.25, -0.2) is 0 Å². The van der Waals surface area contributed by atoms with Crippen molar-refractivity contribution in [3.8, 4) is 5.75 Å². The highest BCUT2D eigenvalue weighted by Gasteiger charge is 2.35. The van der Waals surface area contributed by atoms with Crippen LogP contribution in [0.1, 0.15) is 49.0 Å². The highest BCUT2D eigenvalue weighted by molar-refractivity contribution is 5.43. The first kappa shape index (κ1) is 16.7. The summed E-state index contributed by atoms with van der Waals surface area (Å²) >= 11 is 0. The maximum absolute atomic E-state index is 6.02. The van der Waals surface area contributed by atoms with E-state index >= 15 is 0 Å². The number of nitrogens with two attached hydrogens (primary N) is 1. The predicted molar refractivity (Wildman–Crippen MR) is 102 cm³/mol. The third-order valence-electron chi connectivity index (χ3n) is 5.94. The summed E-state index contributed by atoms with van der Waals surface area (Å²) in [7, 11) is 0. The van der Waals surface area contributed by atoms with Gasteiger partial charge in [0.05, 0.1) is 12.6 Å². The molecule has 27 heavy (non-hydrogen) atoms. The number of ether oxygens (including phenoxy) is 1. The first-order valence-corrected chi connectivity index (χ1v) is 9.74. The van der Waals surface area contributed by atoms with Crippen molar-refractivity contribution >= 4 is 11.9 Å². The molecule has 1 saturated carbocycles. The third kappa shape index (κ3) is 3.30. The van der Waals surface area contributed by atoms with Gasteiger partial charge in [0, 0.05) is 30.5 Å². The second-order valence-corrected chi connectivity index (χ2v) is 7.65. The molecule has 1 aromatic heterocycles. The lowest BCUT2D eigenvalue weighted by Gasteiger charge is -2.30. The van der Waals surface area contributed by atoms with Crippen molar-refractivity contribution < 1.29 is 4.74 Å². The summed E-state index contributed by atoms with van der Waals surface area (Å²) in [5.41, 5.74) is 13.8.